The predicted molar refractivity (Wildman–Crippen MR) is 142 cm³/mol. The SMILES string of the molecule is CC(C)(C)OC(=O)N1CCCC(N(C(=O)OCC2c3ccccc3-c3ccccc32)C2CC(C(=O)O)C2)C1. The Labute approximate surface area is 223 Å². The lowest BCUT2D eigenvalue weighted by Crippen LogP contribution is -2.59. The fourth-order valence-electron chi connectivity index (χ4n) is 5.96. The summed E-state index contributed by atoms with van der Waals surface area (Å²) in [5.74, 6) is -1.37. The second-order valence-corrected chi connectivity index (χ2v) is 11.6. The van der Waals surface area contributed by atoms with E-state index in [9.17, 15) is 19.5 Å². The predicted octanol–water partition coefficient (Wildman–Crippen LogP) is 5.50. The summed E-state index contributed by atoms with van der Waals surface area (Å²) >= 11 is 0. The maximum atomic E-state index is 13.7. The van der Waals surface area contributed by atoms with Gasteiger partial charge in [0.2, 0.25) is 0 Å². The van der Waals surface area contributed by atoms with Crippen LogP contribution < -0.4 is 0 Å². The van der Waals surface area contributed by atoms with Gasteiger partial charge >= 0.3 is 18.2 Å². The first-order chi connectivity index (χ1) is 18.1. The number of carboxylic acids is 1. The van der Waals surface area contributed by atoms with Crippen LogP contribution in [0.5, 0.6) is 0 Å². The Bertz CT molecular complexity index is 1170. The van der Waals surface area contributed by atoms with Crippen LogP contribution in [-0.4, -0.2) is 70.4 Å². The molecule has 3 aliphatic rings. The smallest absolute Gasteiger partial charge is 0.410 e. The molecule has 0 radical (unpaired) electrons. The summed E-state index contributed by atoms with van der Waals surface area (Å²) in [6, 6.07) is 15.9. The Hall–Kier alpha value is -3.55. The number of piperidine rings is 1. The van der Waals surface area contributed by atoms with Gasteiger partial charge in [0.05, 0.1) is 12.0 Å². The number of amides is 2. The number of carbonyl (C=O) groups excluding carboxylic acids is 2. The zero-order valence-electron chi connectivity index (χ0n) is 22.3. The molecule has 2 aliphatic carbocycles. The van der Waals surface area contributed by atoms with Crippen molar-refractivity contribution in [2.75, 3.05) is 19.7 Å². The minimum atomic E-state index is -0.840. The Morgan fingerprint density at radius 3 is 2.16 bits per heavy atom. The number of hydrogen-bond acceptors (Lipinski definition) is 5. The van der Waals surface area contributed by atoms with Crippen molar-refractivity contribution in [2.24, 2.45) is 5.92 Å². The molecule has 1 N–H and O–H groups in total. The van der Waals surface area contributed by atoms with Crippen LogP contribution in [-0.2, 0) is 14.3 Å². The quantitative estimate of drug-likeness (QED) is 0.559. The minimum Gasteiger partial charge on any atom is -0.481 e. The lowest BCUT2D eigenvalue weighted by atomic mass is 9.78. The lowest BCUT2D eigenvalue weighted by molar-refractivity contribution is -0.147. The molecule has 2 amide bonds. The molecule has 1 saturated heterocycles. The van der Waals surface area contributed by atoms with Crippen LogP contribution in [0, 0.1) is 5.92 Å². The molecule has 0 aromatic heterocycles. The first-order valence-corrected chi connectivity index (χ1v) is 13.5. The molecule has 1 aliphatic heterocycles. The first-order valence-electron chi connectivity index (χ1n) is 13.5. The molecular weight excluding hydrogens is 484 g/mol. The highest BCUT2D eigenvalue weighted by Crippen LogP contribution is 2.45. The number of rotatable bonds is 5. The van der Waals surface area contributed by atoms with E-state index in [2.05, 4.69) is 24.3 Å². The van der Waals surface area contributed by atoms with Gasteiger partial charge in [0.15, 0.2) is 0 Å². The van der Waals surface area contributed by atoms with Gasteiger partial charge in [-0.2, -0.15) is 0 Å². The maximum Gasteiger partial charge on any atom is 0.410 e. The summed E-state index contributed by atoms with van der Waals surface area (Å²) in [5.41, 5.74) is 3.97. The summed E-state index contributed by atoms with van der Waals surface area (Å²) in [5, 5.41) is 9.43. The van der Waals surface area contributed by atoms with Crippen LogP contribution in [0.15, 0.2) is 48.5 Å². The molecule has 5 rings (SSSR count). The van der Waals surface area contributed by atoms with E-state index in [1.54, 1.807) is 9.80 Å². The Kier molecular flexibility index (Phi) is 7.07. The molecule has 1 atom stereocenters. The Morgan fingerprint density at radius 2 is 1.58 bits per heavy atom. The third-order valence-electron chi connectivity index (χ3n) is 7.84. The number of aliphatic carboxylic acids is 1. The molecule has 202 valence electrons. The number of fused-ring (bicyclic) bond motifs is 3. The fraction of sp³-hybridized carbons (Fsp3) is 0.500. The van der Waals surface area contributed by atoms with Gasteiger partial charge in [0, 0.05) is 25.0 Å². The second-order valence-electron chi connectivity index (χ2n) is 11.6. The molecule has 0 bridgehead atoms. The van der Waals surface area contributed by atoms with Crippen LogP contribution in [0.1, 0.15) is 63.5 Å². The normalized spacial score (nSPS) is 22.6. The molecule has 2 aromatic rings. The second kappa shape index (κ2) is 10.3. The van der Waals surface area contributed by atoms with Crippen LogP contribution in [0.2, 0.25) is 0 Å². The standard InChI is InChI=1S/C30H36N2O6/c1-30(2,3)38-28(35)31-14-8-9-20(17-31)32(21-15-19(16-21)27(33)34)29(36)37-18-26-24-12-6-4-10-22(24)23-11-5-7-13-25(23)26/h4-7,10-13,19-21,26H,8-9,14-18H2,1-3H3,(H,33,34). The number of benzene rings is 2. The van der Waals surface area contributed by atoms with Gasteiger partial charge in [-0.1, -0.05) is 48.5 Å². The van der Waals surface area contributed by atoms with Crippen molar-refractivity contribution in [1.82, 2.24) is 9.80 Å². The highest BCUT2D eigenvalue weighted by Gasteiger charge is 2.45. The minimum absolute atomic E-state index is 0.0639. The van der Waals surface area contributed by atoms with Crippen LogP contribution >= 0.6 is 0 Å². The molecule has 38 heavy (non-hydrogen) atoms. The van der Waals surface area contributed by atoms with Crippen molar-refractivity contribution in [3.05, 3.63) is 59.7 Å². The van der Waals surface area contributed by atoms with E-state index in [1.807, 2.05) is 45.0 Å². The van der Waals surface area contributed by atoms with Gasteiger partial charge in [0.25, 0.3) is 0 Å². The highest BCUT2D eigenvalue weighted by molar-refractivity contribution is 5.79. The molecule has 0 spiro atoms. The van der Waals surface area contributed by atoms with E-state index in [0.717, 1.165) is 35.1 Å². The lowest BCUT2D eigenvalue weighted by Gasteiger charge is -2.47. The van der Waals surface area contributed by atoms with Crippen LogP contribution in [0.3, 0.4) is 0 Å². The number of hydrogen-bond donors (Lipinski definition) is 1. The summed E-state index contributed by atoms with van der Waals surface area (Å²) in [7, 11) is 0. The molecule has 8 heteroatoms. The third kappa shape index (κ3) is 5.22. The fourth-order valence-corrected chi connectivity index (χ4v) is 5.96. The first kappa shape index (κ1) is 26.1. The van der Waals surface area contributed by atoms with Crippen molar-refractivity contribution in [3.8, 4) is 11.1 Å². The van der Waals surface area contributed by atoms with Crippen LogP contribution in [0.25, 0.3) is 11.1 Å². The van der Waals surface area contributed by atoms with Crippen molar-refractivity contribution < 1.29 is 29.0 Å². The zero-order chi connectivity index (χ0) is 27.0. The van der Waals surface area contributed by atoms with Gasteiger partial charge < -0.3 is 24.4 Å². The number of likely N-dealkylation sites (tertiary alicyclic amines) is 1. The van der Waals surface area contributed by atoms with E-state index in [1.165, 1.54) is 0 Å². The summed E-state index contributed by atoms with van der Waals surface area (Å²) in [6.07, 6.45) is 1.39. The summed E-state index contributed by atoms with van der Waals surface area (Å²) in [4.78, 5) is 41.3. The Morgan fingerprint density at radius 1 is 0.974 bits per heavy atom. The maximum absolute atomic E-state index is 13.7. The number of ether oxygens (including phenoxy) is 2. The van der Waals surface area contributed by atoms with E-state index < -0.39 is 29.7 Å². The van der Waals surface area contributed by atoms with E-state index in [4.69, 9.17) is 9.47 Å². The van der Waals surface area contributed by atoms with Gasteiger partial charge in [-0.25, -0.2) is 9.59 Å². The highest BCUT2D eigenvalue weighted by atomic mass is 16.6. The number of nitrogens with zero attached hydrogens (tertiary/aromatic N) is 2. The largest absolute Gasteiger partial charge is 0.481 e. The summed E-state index contributed by atoms with van der Waals surface area (Å²) in [6.45, 7) is 6.59. The molecule has 2 fully saturated rings. The average molecular weight is 521 g/mol. The van der Waals surface area contributed by atoms with Gasteiger partial charge in [-0.3, -0.25) is 4.79 Å². The third-order valence-corrected chi connectivity index (χ3v) is 7.84. The van der Waals surface area contributed by atoms with Crippen molar-refractivity contribution >= 4 is 18.2 Å². The van der Waals surface area contributed by atoms with Crippen LogP contribution in [0.4, 0.5) is 9.59 Å². The van der Waals surface area contributed by atoms with E-state index >= 15 is 0 Å². The number of carbonyl (C=O) groups is 3. The monoisotopic (exact) mass is 520 g/mol. The zero-order valence-corrected chi connectivity index (χ0v) is 22.3. The molecular formula is C30H36N2O6. The number of carboxylic acid groups (broad SMARTS) is 1. The summed E-state index contributed by atoms with van der Waals surface area (Å²) < 4.78 is 11.6. The Balaban J connectivity index is 1.32. The van der Waals surface area contributed by atoms with Crippen molar-refractivity contribution in [3.63, 3.8) is 0 Å². The topological polar surface area (TPSA) is 96.4 Å². The molecule has 1 saturated carbocycles. The molecule has 1 unspecified atom stereocenters. The van der Waals surface area contributed by atoms with Crippen molar-refractivity contribution in [1.29, 1.82) is 0 Å². The molecule has 8 nitrogen and oxygen atoms in total. The molecule has 2 aromatic carbocycles. The van der Waals surface area contributed by atoms with Gasteiger partial charge in [0.1, 0.15) is 12.2 Å². The van der Waals surface area contributed by atoms with E-state index in [0.29, 0.717) is 25.9 Å². The average Bonchev–Trinajstić information content (AvgIpc) is 3.17. The van der Waals surface area contributed by atoms with Gasteiger partial charge in [-0.15, -0.1) is 0 Å². The molecule has 1 heterocycles. The van der Waals surface area contributed by atoms with E-state index in [-0.39, 0.29) is 24.6 Å². The van der Waals surface area contributed by atoms with Crippen molar-refractivity contribution in [2.45, 2.75) is 70.1 Å². The van der Waals surface area contributed by atoms with Gasteiger partial charge in [-0.05, 0) is 68.7 Å².